The number of ether oxygens (including phenoxy) is 1. The van der Waals surface area contributed by atoms with E-state index in [0.717, 1.165) is 29.4 Å². The Labute approximate surface area is 254 Å². The number of hydrogen-bond acceptors (Lipinski definition) is 8. The summed E-state index contributed by atoms with van der Waals surface area (Å²) in [6.45, 7) is 0.585. The van der Waals surface area contributed by atoms with Crippen molar-refractivity contribution in [2.75, 3.05) is 23.4 Å². The summed E-state index contributed by atoms with van der Waals surface area (Å²) in [7, 11) is -3.00. The fraction of sp³-hybridized carbons (Fsp3) is 0.250. The monoisotopic (exact) mass is 612 g/mol. The van der Waals surface area contributed by atoms with Crippen LogP contribution in [0.25, 0.3) is 22.3 Å². The van der Waals surface area contributed by atoms with Gasteiger partial charge in [0.05, 0.1) is 24.2 Å². The predicted molar refractivity (Wildman–Crippen MR) is 168 cm³/mol. The minimum absolute atomic E-state index is 0.000170. The number of aryl methyl sites for hydroxylation is 1. The lowest BCUT2D eigenvalue weighted by molar-refractivity contribution is -0.121. The van der Waals surface area contributed by atoms with E-state index < -0.39 is 9.84 Å². The highest BCUT2D eigenvalue weighted by molar-refractivity contribution is 7.92. The fourth-order valence-corrected chi connectivity index (χ4v) is 6.30. The van der Waals surface area contributed by atoms with Gasteiger partial charge in [0.25, 0.3) is 5.56 Å². The topological polar surface area (TPSA) is 148 Å². The number of carbonyl (C=O) groups is 1. The molecule has 12 heteroatoms. The van der Waals surface area contributed by atoms with Crippen LogP contribution < -0.4 is 20.9 Å². The second-order valence-corrected chi connectivity index (χ2v) is 12.9. The fourth-order valence-electron chi connectivity index (χ4n) is 5.13. The van der Waals surface area contributed by atoms with Crippen molar-refractivity contribution in [2.24, 2.45) is 0 Å². The second-order valence-electron chi connectivity index (χ2n) is 10.8. The number of fused-ring (bicyclic) bond motifs is 1. The summed E-state index contributed by atoms with van der Waals surface area (Å²) in [5.74, 6) is 0.500. The number of aromatic nitrogens is 4. The van der Waals surface area contributed by atoms with Crippen molar-refractivity contribution >= 4 is 32.3 Å². The van der Waals surface area contributed by atoms with Crippen LogP contribution in [0.15, 0.2) is 90.1 Å². The first-order valence-electron chi connectivity index (χ1n) is 14.4. The van der Waals surface area contributed by atoms with Crippen LogP contribution in [0.3, 0.4) is 0 Å². The SMILES string of the molecule is O=C(Cn1c(-c2ccc(OC3CS(=O)(=O)C3)cc2)ncc(NCCCc2ccccc2)c1=O)NCc1cc2cnccc2[nH]1. The Kier molecular flexibility index (Phi) is 8.42. The van der Waals surface area contributed by atoms with Crippen molar-refractivity contribution in [3.63, 3.8) is 0 Å². The first kappa shape index (κ1) is 29.1. The first-order valence-corrected chi connectivity index (χ1v) is 16.2. The molecule has 226 valence electrons. The minimum atomic E-state index is -3.00. The van der Waals surface area contributed by atoms with E-state index >= 15 is 0 Å². The average Bonchev–Trinajstić information content (AvgIpc) is 3.43. The maximum atomic E-state index is 13.7. The van der Waals surface area contributed by atoms with Gasteiger partial charge in [-0.2, -0.15) is 0 Å². The predicted octanol–water partition coefficient (Wildman–Crippen LogP) is 3.32. The second kappa shape index (κ2) is 12.7. The van der Waals surface area contributed by atoms with E-state index in [2.05, 4.69) is 37.7 Å². The third-order valence-corrected chi connectivity index (χ3v) is 9.16. The van der Waals surface area contributed by atoms with E-state index in [0.29, 0.717) is 29.4 Å². The van der Waals surface area contributed by atoms with Crippen LogP contribution >= 0.6 is 0 Å². The number of aromatic amines is 1. The Bertz CT molecular complexity index is 1890. The number of hydrogen-bond donors (Lipinski definition) is 3. The van der Waals surface area contributed by atoms with Crippen molar-refractivity contribution < 1.29 is 17.9 Å². The summed E-state index contributed by atoms with van der Waals surface area (Å²) in [5, 5.41) is 7.02. The highest BCUT2D eigenvalue weighted by Crippen LogP contribution is 2.24. The van der Waals surface area contributed by atoms with Crippen LogP contribution in [-0.2, 0) is 34.1 Å². The molecule has 5 aromatic rings. The van der Waals surface area contributed by atoms with Gasteiger partial charge >= 0.3 is 0 Å². The van der Waals surface area contributed by atoms with Crippen molar-refractivity contribution in [3.05, 3.63) is 107 Å². The number of pyridine rings is 1. The molecule has 1 amide bonds. The molecule has 4 heterocycles. The standard InChI is InChI=1S/C32H32N6O5S/c39-30(35-17-25-15-24-16-33-14-12-28(24)37-25)19-38-31(23-8-10-26(11-9-23)43-27-20-44(41,42)21-27)36-18-29(32(38)40)34-13-4-7-22-5-2-1-3-6-22/h1-3,5-6,8-12,14-16,18,27,34,37H,4,7,13,17,19-21H2,(H,35,39). The summed E-state index contributed by atoms with van der Waals surface area (Å²) >= 11 is 0. The minimum Gasteiger partial charge on any atom is -0.488 e. The van der Waals surface area contributed by atoms with Gasteiger partial charge in [0.15, 0.2) is 9.84 Å². The van der Waals surface area contributed by atoms with E-state index in [-0.39, 0.29) is 42.2 Å². The van der Waals surface area contributed by atoms with E-state index in [1.807, 2.05) is 30.3 Å². The summed E-state index contributed by atoms with van der Waals surface area (Å²) in [6.07, 6.45) is 6.25. The molecule has 1 aliphatic heterocycles. The van der Waals surface area contributed by atoms with Crippen molar-refractivity contribution in [1.29, 1.82) is 0 Å². The Morgan fingerprint density at radius 2 is 1.84 bits per heavy atom. The van der Waals surface area contributed by atoms with Gasteiger partial charge in [-0.1, -0.05) is 30.3 Å². The summed E-state index contributed by atoms with van der Waals surface area (Å²) in [4.78, 5) is 38.7. The van der Waals surface area contributed by atoms with Crippen LogP contribution in [0, 0.1) is 0 Å². The van der Waals surface area contributed by atoms with Gasteiger partial charge in [0.1, 0.15) is 29.9 Å². The lowest BCUT2D eigenvalue weighted by atomic mass is 10.1. The summed E-state index contributed by atoms with van der Waals surface area (Å²) in [6, 6.07) is 20.8. The molecule has 2 aromatic carbocycles. The zero-order valence-corrected chi connectivity index (χ0v) is 24.7. The summed E-state index contributed by atoms with van der Waals surface area (Å²) < 4.78 is 30.0. The Morgan fingerprint density at radius 1 is 1.05 bits per heavy atom. The zero-order chi connectivity index (χ0) is 30.5. The molecule has 6 rings (SSSR count). The highest BCUT2D eigenvalue weighted by atomic mass is 32.2. The number of benzene rings is 2. The first-order chi connectivity index (χ1) is 21.3. The number of nitrogens with zero attached hydrogens (tertiary/aromatic N) is 3. The van der Waals surface area contributed by atoms with Crippen LogP contribution in [-0.4, -0.2) is 58.0 Å². The zero-order valence-electron chi connectivity index (χ0n) is 23.9. The van der Waals surface area contributed by atoms with Gasteiger partial charge in [0, 0.05) is 41.1 Å². The largest absolute Gasteiger partial charge is 0.488 e. The van der Waals surface area contributed by atoms with Crippen molar-refractivity contribution in [1.82, 2.24) is 24.8 Å². The van der Waals surface area contributed by atoms with Crippen LogP contribution in [0.4, 0.5) is 5.69 Å². The molecule has 44 heavy (non-hydrogen) atoms. The normalized spacial score (nSPS) is 14.2. The lowest BCUT2D eigenvalue weighted by Gasteiger charge is -2.26. The third kappa shape index (κ3) is 6.97. The molecular formula is C32H32N6O5S. The number of sulfone groups is 1. The molecular weight excluding hydrogens is 580 g/mol. The van der Waals surface area contributed by atoms with Gasteiger partial charge in [-0.15, -0.1) is 0 Å². The van der Waals surface area contributed by atoms with E-state index in [1.165, 1.54) is 16.3 Å². The number of nitrogens with one attached hydrogen (secondary N) is 3. The third-order valence-electron chi connectivity index (χ3n) is 7.40. The number of H-pyrrole nitrogens is 1. The molecule has 3 aromatic heterocycles. The number of amides is 1. The average molecular weight is 613 g/mol. The molecule has 0 radical (unpaired) electrons. The molecule has 0 unspecified atom stereocenters. The Balaban J connectivity index is 1.18. The molecule has 11 nitrogen and oxygen atoms in total. The molecule has 1 saturated heterocycles. The molecule has 0 atom stereocenters. The lowest BCUT2D eigenvalue weighted by Crippen LogP contribution is -2.45. The van der Waals surface area contributed by atoms with Gasteiger partial charge < -0.3 is 20.4 Å². The molecule has 3 N–H and O–H groups in total. The van der Waals surface area contributed by atoms with Gasteiger partial charge in [0.2, 0.25) is 5.91 Å². The summed E-state index contributed by atoms with van der Waals surface area (Å²) in [5.41, 5.74) is 3.52. The van der Waals surface area contributed by atoms with Crippen molar-refractivity contribution in [2.45, 2.75) is 32.0 Å². The molecule has 0 spiro atoms. The van der Waals surface area contributed by atoms with Crippen LogP contribution in [0.2, 0.25) is 0 Å². The number of carbonyl (C=O) groups excluding carboxylic acids is 1. The molecule has 1 fully saturated rings. The van der Waals surface area contributed by atoms with Gasteiger partial charge in [-0.05, 0) is 54.8 Å². The highest BCUT2D eigenvalue weighted by Gasteiger charge is 2.35. The van der Waals surface area contributed by atoms with E-state index in [1.54, 1.807) is 36.7 Å². The Morgan fingerprint density at radius 3 is 2.59 bits per heavy atom. The maximum absolute atomic E-state index is 13.7. The van der Waals surface area contributed by atoms with E-state index in [4.69, 9.17) is 4.74 Å². The van der Waals surface area contributed by atoms with Crippen molar-refractivity contribution in [3.8, 4) is 17.1 Å². The molecule has 0 aliphatic carbocycles. The Hall–Kier alpha value is -4.97. The van der Waals surface area contributed by atoms with Gasteiger partial charge in [-0.3, -0.25) is 19.1 Å². The molecule has 1 aliphatic rings. The van der Waals surface area contributed by atoms with Crippen LogP contribution in [0.1, 0.15) is 17.7 Å². The van der Waals surface area contributed by atoms with E-state index in [9.17, 15) is 18.0 Å². The quantitative estimate of drug-likeness (QED) is 0.182. The molecule has 0 saturated carbocycles. The molecule has 0 bridgehead atoms. The maximum Gasteiger partial charge on any atom is 0.277 e. The smallest absolute Gasteiger partial charge is 0.277 e. The number of anilines is 1. The van der Waals surface area contributed by atoms with Crippen LogP contribution in [0.5, 0.6) is 5.75 Å². The number of rotatable bonds is 12. The van der Waals surface area contributed by atoms with Gasteiger partial charge in [-0.25, -0.2) is 13.4 Å².